The number of likely N-dealkylation sites (N-methyl/N-ethyl adjacent to an activating group) is 1. The second-order valence-electron chi connectivity index (χ2n) is 14.7. The van der Waals surface area contributed by atoms with Crippen molar-refractivity contribution >= 4 is 34.7 Å². The Kier molecular flexibility index (Phi) is 11.2. The van der Waals surface area contributed by atoms with Crippen LogP contribution in [0.4, 0.5) is 0 Å². The molecule has 4 heterocycles. The Labute approximate surface area is 310 Å². The Morgan fingerprint density at radius 3 is 2.49 bits per heavy atom. The van der Waals surface area contributed by atoms with Gasteiger partial charge in [0.05, 0.1) is 42.1 Å². The molecule has 3 aliphatic heterocycles. The summed E-state index contributed by atoms with van der Waals surface area (Å²) in [6, 6.07) is 14.2. The number of hydrogen-bond donors (Lipinski definition) is 1. The molecule has 1 aromatic heterocycles. The van der Waals surface area contributed by atoms with Gasteiger partial charge in [0.1, 0.15) is 29.9 Å². The molecule has 1 N–H and O–H groups in total. The summed E-state index contributed by atoms with van der Waals surface area (Å²) in [5.41, 5.74) is 0.768. The molecule has 53 heavy (non-hydrogen) atoms. The van der Waals surface area contributed by atoms with Gasteiger partial charge in [-0.2, -0.15) is 0 Å². The van der Waals surface area contributed by atoms with E-state index in [1.807, 2.05) is 75.4 Å². The van der Waals surface area contributed by atoms with Crippen LogP contribution in [-0.4, -0.2) is 109 Å². The number of aliphatic hydroxyl groups excluding tert-OH is 1. The van der Waals surface area contributed by atoms with Crippen LogP contribution in [0, 0.1) is 17.8 Å². The molecule has 0 aliphatic carbocycles. The van der Waals surface area contributed by atoms with Crippen LogP contribution in [0.1, 0.15) is 58.1 Å². The first-order chi connectivity index (χ1) is 25.5. The quantitative estimate of drug-likeness (QED) is 0.172. The summed E-state index contributed by atoms with van der Waals surface area (Å²) >= 11 is 0. The molecule has 6 rings (SSSR count). The molecule has 0 saturated carbocycles. The van der Waals surface area contributed by atoms with Gasteiger partial charge < -0.3 is 29.3 Å². The molecule has 3 aromatic rings. The minimum atomic E-state index is -1.33. The Bertz CT molecular complexity index is 1850. The Morgan fingerprint density at radius 2 is 1.81 bits per heavy atom. The number of allylic oxidation sites excluding steroid dienone is 1. The van der Waals surface area contributed by atoms with Gasteiger partial charge in [-0.15, -0.1) is 18.3 Å². The maximum absolute atomic E-state index is 15.0. The van der Waals surface area contributed by atoms with Gasteiger partial charge in [0.2, 0.25) is 17.7 Å². The summed E-state index contributed by atoms with van der Waals surface area (Å²) in [6.07, 6.45) is 3.37. The highest BCUT2D eigenvalue weighted by Crippen LogP contribution is 2.59. The van der Waals surface area contributed by atoms with Crippen molar-refractivity contribution in [2.45, 2.75) is 89.1 Å². The molecular formula is C40H50N6O7. The van der Waals surface area contributed by atoms with Gasteiger partial charge >= 0.3 is 5.97 Å². The van der Waals surface area contributed by atoms with E-state index in [0.29, 0.717) is 30.3 Å². The first-order valence-electron chi connectivity index (χ1n) is 18.4. The van der Waals surface area contributed by atoms with Gasteiger partial charge in [-0.25, -0.2) is 4.68 Å². The van der Waals surface area contributed by atoms with E-state index >= 15 is 0 Å². The van der Waals surface area contributed by atoms with Crippen molar-refractivity contribution < 1.29 is 33.8 Å². The molecule has 2 aromatic carbocycles. The molecular weight excluding hydrogens is 676 g/mol. The van der Waals surface area contributed by atoms with Crippen LogP contribution in [0.5, 0.6) is 0 Å². The van der Waals surface area contributed by atoms with Gasteiger partial charge in [-0.05, 0) is 49.8 Å². The Hall–Kier alpha value is -4.88. The maximum Gasteiger partial charge on any atom is 0.313 e. The van der Waals surface area contributed by atoms with Gasteiger partial charge in [0.25, 0.3) is 0 Å². The van der Waals surface area contributed by atoms with Crippen LogP contribution in [0.15, 0.2) is 79.9 Å². The smallest absolute Gasteiger partial charge is 0.313 e. The van der Waals surface area contributed by atoms with Crippen LogP contribution in [0.3, 0.4) is 0 Å². The van der Waals surface area contributed by atoms with E-state index in [2.05, 4.69) is 23.5 Å². The number of likely N-dealkylation sites (tertiary alicyclic amines) is 1. The lowest BCUT2D eigenvalue weighted by Gasteiger charge is -2.40. The number of carbonyl (C=O) groups is 4. The number of rotatable bonds is 16. The number of esters is 1. The topological polar surface area (TPSA) is 147 Å². The first kappa shape index (κ1) is 37.9. The highest BCUT2D eigenvalue weighted by atomic mass is 16.6. The monoisotopic (exact) mass is 726 g/mol. The number of hydrogen-bond acceptors (Lipinski definition) is 9. The van der Waals surface area contributed by atoms with E-state index in [-0.39, 0.29) is 38.1 Å². The Balaban J connectivity index is 1.35. The second kappa shape index (κ2) is 15.6. The summed E-state index contributed by atoms with van der Waals surface area (Å²) in [7, 11) is 1.68. The van der Waals surface area contributed by atoms with Crippen LogP contribution < -0.4 is 0 Å². The number of nitrogens with zero attached hydrogens (tertiary/aromatic N) is 6. The second-order valence-corrected chi connectivity index (χ2v) is 14.7. The van der Waals surface area contributed by atoms with Crippen LogP contribution >= 0.6 is 0 Å². The third-order valence-corrected chi connectivity index (χ3v) is 11.3. The van der Waals surface area contributed by atoms with Gasteiger partial charge in [0.15, 0.2) is 0 Å². The molecule has 0 radical (unpaired) electrons. The number of aliphatic hydroxyl groups is 1. The molecule has 3 aliphatic rings. The molecule has 13 heteroatoms. The standard InChI is InChI=1S/C40H50N6O7/c1-7-9-19-32(48)43(6)26(5)35(27-15-11-10-12-16-27)52-39(51)33-31-20-21-40(53-31)34(33)37(49)46(30(23-47)25(3)4)36(40)38(50)44(22-8-2)24-45-29-18-14-13-17-28(29)41-42-45/h7-8,10-18,25-26,30-31,33-36,47H,1-2,9,19-24H2,3-6H3/t26-,30+,31-,33+,34+,35+,36-,40+/m1/s1. The predicted molar refractivity (Wildman–Crippen MR) is 197 cm³/mol. The van der Waals surface area contributed by atoms with Gasteiger partial charge in [-0.3, -0.25) is 19.2 Å². The summed E-state index contributed by atoms with van der Waals surface area (Å²) in [5.74, 6) is -3.82. The van der Waals surface area contributed by atoms with E-state index < -0.39 is 65.6 Å². The summed E-state index contributed by atoms with van der Waals surface area (Å²) in [4.78, 5) is 62.0. The van der Waals surface area contributed by atoms with Crippen molar-refractivity contribution in [3.05, 3.63) is 85.5 Å². The first-order valence-corrected chi connectivity index (χ1v) is 18.4. The molecule has 2 bridgehead atoms. The zero-order valence-electron chi connectivity index (χ0n) is 30.9. The van der Waals surface area contributed by atoms with Crippen molar-refractivity contribution in [2.24, 2.45) is 17.8 Å². The minimum absolute atomic E-state index is 0.0285. The molecule has 8 atom stereocenters. The van der Waals surface area contributed by atoms with E-state index in [1.54, 1.807) is 33.7 Å². The maximum atomic E-state index is 15.0. The largest absolute Gasteiger partial charge is 0.455 e. The van der Waals surface area contributed by atoms with Gasteiger partial charge in [0, 0.05) is 20.0 Å². The predicted octanol–water partition coefficient (Wildman–Crippen LogP) is 3.89. The van der Waals surface area contributed by atoms with Crippen LogP contribution in [0.25, 0.3) is 11.0 Å². The van der Waals surface area contributed by atoms with Crippen LogP contribution in [-0.2, 0) is 35.3 Å². The van der Waals surface area contributed by atoms with Crippen molar-refractivity contribution in [1.29, 1.82) is 0 Å². The number of carbonyl (C=O) groups excluding carboxylic acids is 4. The number of ether oxygens (including phenoxy) is 2. The van der Waals surface area contributed by atoms with Crippen molar-refractivity contribution in [2.75, 3.05) is 20.2 Å². The average molecular weight is 727 g/mol. The molecule has 1 spiro atoms. The number of aromatic nitrogens is 3. The molecule has 3 amide bonds. The molecule has 0 unspecified atom stereocenters. The van der Waals surface area contributed by atoms with Crippen LogP contribution in [0.2, 0.25) is 0 Å². The number of amides is 3. The summed E-state index contributed by atoms with van der Waals surface area (Å²) in [5, 5.41) is 19.2. The molecule has 3 saturated heterocycles. The molecule has 13 nitrogen and oxygen atoms in total. The lowest BCUT2D eigenvalue weighted by atomic mass is 9.70. The van der Waals surface area contributed by atoms with E-state index in [4.69, 9.17) is 9.47 Å². The fourth-order valence-corrected chi connectivity index (χ4v) is 8.47. The lowest BCUT2D eigenvalue weighted by Crippen LogP contribution is -2.59. The fraction of sp³-hybridized carbons (Fsp3) is 0.500. The minimum Gasteiger partial charge on any atom is -0.455 e. The SMILES string of the molecule is C=CCCC(=O)N(C)[C@H](C)[C@H](OC(=O)[C@@H]1[C@H]2C(=O)N([C@@H](CO)C(C)C)[C@H](C(=O)N(CC=C)Cn3nnc4ccccc43)[C@]23CC[C@H]1O3)c1ccccc1. The molecule has 282 valence electrons. The summed E-state index contributed by atoms with van der Waals surface area (Å²) < 4.78 is 14.7. The third kappa shape index (κ3) is 6.76. The van der Waals surface area contributed by atoms with Crippen molar-refractivity contribution in [3.8, 4) is 0 Å². The zero-order valence-corrected chi connectivity index (χ0v) is 30.9. The third-order valence-electron chi connectivity index (χ3n) is 11.3. The highest BCUT2D eigenvalue weighted by molar-refractivity contribution is 5.98. The highest BCUT2D eigenvalue weighted by Gasteiger charge is 2.76. The number of para-hydroxylation sites is 1. The number of fused-ring (bicyclic) bond motifs is 2. The zero-order chi connectivity index (χ0) is 38.0. The number of benzene rings is 2. The van der Waals surface area contributed by atoms with Crippen molar-refractivity contribution in [3.63, 3.8) is 0 Å². The van der Waals surface area contributed by atoms with E-state index in [0.717, 1.165) is 5.52 Å². The normalized spacial score (nSPS) is 24.9. The summed E-state index contributed by atoms with van der Waals surface area (Å²) in [6.45, 7) is 13.0. The van der Waals surface area contributed by atoms with Gasteiger partial charge in [-0.1, -0.05) is 73.7 Å². The van der Waals surface area contributed by atoms with E-state index in [1.165, 1.54) is 4.90 Å². The lowest BCUT2D eigenvalue weighted by molar-refractivity contribution is -0.165. The van der Waals surface area contributed by atoms with Crippen molar-refractivity contribution in [1.82, 2.24) is 29.7 Å². The average Bonchev–Trinajstić information content (AvgIpc) is 3.92. The fourth-order valence-electron chi connectivity index (χ4n) is 8.47. The Morgan fingerprint density at radius 1 is 1.09 bits per heavy atom. The molecule has 3 fully saturated rings. The van der Waals surface area contributed by atoms with E-state index in [9.17, 15) is 24.3 Å².